The van der Waals surface area contributed by atoms with E-state index in [0.717, 1.165) is 16.8 Å². The number of alkyl halides is 3. The minimum absolute atomic E-state index is 0.0188. The van der Waals surface area contributed by atoms with Crippen molar-refractivity contribution < 1.29 is 32.9 Å². The molecule has 0 radical (unpaired) electrons. The number of carbonyl (C=O) groups is 1. The van der Waals surface area contributed by atoms with Crippen LogP contribution in [0.1, 0.15) is 39.5 Å². The number of carboxylic acid groups (broad SMARTS) is 1. The van der Waals surface area contributed by atoms with Crippen molar-refractivity contribution in [3.63, 3.8) is 0 Å². The van der Waals surface area contributed by atoms with Gasteiger partial charge in [-0.25, -0.2) is 9.59 Å². The molecule has 0 bridgehead atoms. The van der Waals surface area contributed by atoms with Crippen LogP contribution in [0.15, 0.2) is 52.2 Å². The molecule has 1 unspecified atom stereocenters. The topological polar surface area (TPSA) is 114 Å². The lowest BCUT2D eigenvalue weighted by Gasteiger charge is -2.19. The highest BCUT2D eigenvalue weighted by molar-refractivity contribution is 5.86. The molecule has 5 rings (SSSR count). The van der Waals surface area contributed by atoms with Gasteiger partial charge >= 0.3 is 17.8 Å². The monoisotopic (exact) mass is 489 g/mol. The number of aliphatic hydroxyl groups is 1. The number of rotatable bonds is 3. The molecule has 0 amide bonds. The summed E-state index contributed by atoms with van der Waals surface area (Å²) >= 11 is 0. The molecule has 0 fully saturated rings. The van der Waals surface area contributed by atoms with Gasteiger partial charge in [-0.2, -0.15) is 13.2 Å². The predicted octanol–water partition coefficient (Wildman–Crippen LogP) is 2.36. The van der Waals surface area contributed by atoms with E-state index >= 15 is 0 Å². The van der Waals surface area contributed by atoms with Gasteiger partial charge in [0.15, 0.2) is 5.75 Å². The van der Waals surface area contributed by atoms with Gasteiger partial charge in [0.1, 0.15) is 5.56 Å². The zero-order valence-corrected chi connectivity index (χ0v) is 18.1. The summed E-state index contributed by atoms with van der Waals surface area (Å²) in [6.45, 7) is 0. The normalized spacial score (nSPS) is 18.8. The van der Waals surface area contributed by atoms with Crippen LogP contribution in [0.4, 0.5) is 18.9 Å². The van der Waals surface area contributed by atoms with Crippen LogP contribution in [0, 0.1) is 0 Å². The van der Waals surface area contributed by atoms with Gasteiger partial charge in [-0.05, 0) is 42.2 Å². The van der Waals surface area contributed by atoms with Crippen LogP contribution in [-0.4, -0.2) is 38.8 Å². The number of fused-ring (bicyclic) bond motifs is 2. The maximum absolute atomic E-state index is 13.5. The van der Waals surface area contributed by atoms with Gasteiger partial charge in [-0.15, -0.1) is 0 Å². The molecule has 2 aromatic carbocycles. The summed E-state index contributed by atoms with van der Waals surface area (Å²) in [7, 11) is 1.58. The highest BCUT2D eigenvalue weighted by Gasteiger charge is 2.38. The van der Waals surface area contributed by atoms with Crippen LogP contribution < -0.4 is 20.9 Å². The fourth-order valence-electron chi connectivity index (χ4n) is 4.70. The number of nitrogens with zero attached hydrogens (tertiary/aromatic N) is 3. The molecule has 2 heterocycles. The number of hydrogen-bond donors (Lipinski definition) is 2. The van der Waals surface area contributed by atoms with E-state index in [0.29, 0.717) is 10.3 Å². The molecule has 2 atom stereocenters. The minimum atomic E-state index is -4.61. The first-order valence-corrected chi connectivity index (χ1v) is 10.5. The number of halogens is 3. The Hall–Kier alpha value is -4.06. The summed E-state index contributed by atoms with van der Waals surface area (Å²) in [5.41, 5.74) is -2.80. The van der Waals surface area contributed by atoms with E-state index < -0.39 is 47.0 Å². The molecule has 35 heavy (non-hydrogen) atoms. The molecule has 12 heteroatoms. The van der Waals surface area contributed by atoms with E-state index in [1.165, 1.54) is 29.2 Å². The lowest BCUT2D eigenvalue weighted by atomic mass is 10.0. The average molecular weight is 489 g/mol. The van der Waals surface area contributed by atoms with Crippen LogP contribution in [0.2, 0.25) is 0 Å². The highest BCUT2D eigenvalue weighted by atomic mass is 19.4. The number of anilines is 1. The summed E-state index contributed by atoms with van der Waals surface area (Å²) < 4.78 is 47.5. The fraction of sp³-hybridized carbons (Fsp3) is 0.261. The molecule has 0 saturated carbocycles. The number of hydrogen-bond acceptors (Lipinski definition) is 6. The fourth-order valence-corrected chi connectivity index (χ4v) is 4.70. The molecule has 0 saturated heterocycles. The summed E-state index contributed by atoms with van der Waals surface area (Å²) in [5, 5.41) is 19.5. The second kappa shape index (κ2) is 7.73. The van der Waals surface area contributed by atoms with E-state index in [-0.39, 0.29) is 35.4 Å². The Bertz CT molecular complexity index is 1490. The smallest absolute Gasteiger partial charge is 0.416 e. The third-order valence-corrected chi connectivity index (χ3v) is 6.37. The zero-order chi connectivity index (χ0) is 25.2. The maximum Gasteiger partial charge on any atom is 0.416 e. The quantitative estimate of drug-likeness (QED) is 0.581. The second-order valence-corrected chi connectivity index (χ2v) is 8.31. The summed E-state index contributed by atoms with van der Waals surface area (Å²) in [6.07, 6.45) is -5.00. The standard InChI is InChI=1S/C23H18F3N3O6/c1-27-17-7-5-11(9-18(17)35-22(27)34)28-10-14(20(31)32)19(30)29(21(28)33)16-8-6-12-13(16)3-2-4-15(12)23(24,25)26/h2-5,7,9-10,16,22,34H,6,8H2,1H3,(H,31,32)/t16-,22?/m1/s1. The molecular formula is C23H18F3N3O6. The zero-order valence-electron chi connectivity index (χ0n) is 18.1. The Kier molecular flexibility index (Phi) is 5.02. The van der Waals surface area contributed by atoms with E-state index in [4.69, 9.17) is 4.74 Å². The van der Waals surface area contributed by atoms with Gasteiger partial charge in [-0.1, -0.05) is 12.1 Å². The van der Waals surface area contributed by atoms with Crippen LogP contribution in [-0.2, 0) is 12.6 Å². The van der Waals surface area contributed by atoms with Gasteiger partial charge in [0, 0.05) is 19.3 Å². The largest absolute Gasteiger partial charge is 0.477 e. The highest BCUT2D eigenvalue weighted by Crippen LogP contribution is 2.41. The molecule has 2 aliphatic rings. The van der Waals surface area contributed by atoms with Crippen molar-refractivity contribution in [1.82, 2.24) is 9.13 Å². The molecule has 2 N–H and O–H groups in total. The Morgan fingerprint density at radius 3 is 2.60 bits per heavy atom. The third kappa shape index (κ3) is 3.48. The van der Waals surface area contributed by atoms with Crippen LogP contribution in [0.3, 0.4) is 0 Å². The number of aliphatic hydroxyl groups excluding tert-OH is 1. The summed E-state index contributed by atoms with van der Waals surface area (Å²) in [4.78, 5) is 39.8. The Labute approximate surface area is 194 Å². The molecular weight excluding hydrogens is 471 g/mol. The Morgan fingerprint density at radius 1 is 1.17 bits per heavy atom. The number of aromatic carboxylic acids is 1. The average Bonchev–Trinajstić information content (AvgIpc) is 3.33. The maximum atomic E-state index is 13.5. The van der Waals surface area contributed by atoms with E-state index in [1.54, 1.807) is 13.1 Å². The molecule has 9 nitrogen and oxygen atoms in total. The van der Waals surface area contributed by atoms with Crippen molar-refractivity contribution in [3.05, 3.63) is 85.7 Å². The molecule has 1 aliphatic carbocycles. The van der Waals surface area contributed by atoms with E-state index in [2.05, 4.69) is 0 Å². The number of ether oxygens (including phenoxy) is 1. The minimum Gasteiger partial charge on any atom is -0.477 e. The second-order valence-electron chi connectivity index (χ2n) is 8.31. The molecule has 1 aliphatic heterocycles. The third-order valence-electron chi connectivity index (χ3n) is 6.37. The van der Waals surface area contributed by atoms with E-state index in [1.807, 2.05) is 0 Å². The molecule has 1 aromatic heterocycles. The Morgan fingerprint density at radius 2 is 1.91 bits per heavy atom. The van der Waals surface area contributed by atoms with Gasteiger partial charge in [0.25, 0.3) is 12.0 Å². The van der Waals surface area contributed by atoms with Gasteiger partial charge in [0.05, 0.1) is 23.0 Å². The lowest BCUT2D eigenvalue weighted by molar-refractivity contribution is -0.138. The van der Waals surface area contributed by atoms with Crippen molar-refractivity contribution in [2.75, 3.05) is 11.9 Å². The first-order chi connectivity index (χ1) is 16.5. The van der Waals surface area contributed by atoms with Crippen molar-refractivity contribution in [2.45, 2.75) is 31.5 Å². The van der Waals surface area contributed by atoms with Crippen LogP contribution in [0.5, 0.6) is 5.75 Å². The molecule has 182 valence electrons. The van der Waals surface area contributed by atoms with Crippen LogP contribution in [0.25, 0.3) is 5.69 Å². The molecule has 0 spiro atoms. The Balaban J connectivity index is 1.71. The van der Waals surface area contributed by atoms with Crippen LogP contribution >= 0.6 is 0 Å². The number of aromatic nitrogens is 2. The molecule has 3 aromatic rings. The van der Waals surface area contributed by atoms with E-state index in [9.17, 15) is 37.8 Å². The van der Waals surface area contributed by atoms with Crippen molar-refractivity contribution in [1.29, 1.82) is 0 Å². The first kappa shape index (κ1) is 22.7. The first-order valence-electron chi connectivity index (χ1n) is 10.5. The van der Waals surface area contributed by atoms with Gasteiger partial charge in [-0.3, -0.25) is 13.9 Å². The van der Waals surface area contributed by atoms with Crippen molar-refractivity contribution in [2.24, 2.45) is 0 Å². The van der Waals surface area contributed by atoms with Crippen molar-refractivity contribution in [3.8, 4) is 11.4 Å². The number of carboxylic acids is 1. The predicted molar refractivity (Wildman–Crippen MR) is 116 cm³/mol. The van der Waals surface area contributed by atoms with Gasteiger partial charge in [0.2, 0.25) is 0 Å². The van der Waals surface area contributed by atoms with Gasteiger partial charge < -0.3 is 19.8 Å². The van der Waals surface area contributed by atoms with Crippen molar-refractivity contribution >= 4 is 11.7 Å². The summed E-state index contributed by atoms with van der Waals surface area (Å²) in [5.74, 6) is -1.37. The number of benzene rings is 2. The lowest BCUT2D eigenvalue weighted by Crippen LogP contribution is -2.43. The SMILES string of the molecule is CN1c2ccc(-n3cc(C(=O)O)c(=O)n([C@@H]4CCc5c4cccc5C(F)(F)F)c3=O)cc2OC1O. The summed E-state index contributed by atoms with van der Waals surface area (Å²) in [6, 6.07) is 6.89.